The lowest BCUT2D eigenvalue weighted by Crippen LogP contribution is -2.45. The zero-order valence-electron chi connectivity index (χ0n) is 15.7. The van der Waals surface area contributed by atoms with Crippen LogP contribution in [-0.2, 0) is 5.41 Å². The second kappa shape index (κ2) is 8.37. The average Bonchev–Trinajstić information content (AvgIpc) is 2.62. The van der Waals surface area contributed by atoms with Crippen molar-refractivity contribution in [2.24, 2.45) is 0 Å². The van der Waals surface area contributed by atoms with Gasteiger partial charge in [0.05, 0.1) is 5.56 Å². The molecule has 0 atom stereocenters. The van der Waals surface area contributed by atoms with Crippen LogP contribution in [0.15, 0.2) is 54.6 Å². The molecule has 26 heavy (non-hydrogen) atoms. The molecule has 3 rings (SSSR count). The highest BCUT2D eigenvalue weighted by molar-refractivity contribution is 5.97. The monoisotopic (exact) mass is 352 g/mol. The number of nitrogens with one attached hydrogen (secondary N) is 1. The molecular weight excluding hydrogens is 324 g/mol. The second-order valence-electron chi connectivity index (χ2n) is 7.33. The first kappa shape index (κ1) is 18.5. The van der Waals surface area contributed by atoms with Crippen molar-refractivity contribution < 1.29 is 9.53 Å². The third kappa shape index (κ3) is 4.25. The Kier molecular flexibility index (Phi) is 5.94. The van der Waals surface area contributed by atoms with Gasteiger partial charge in [-0.05, 0) is 44.6 Å². The van der Waals surface area contributed by atoms with E-state index in [1.165, 1.54) is 12.0 Å². The minimum absolute atomic E-state index is 0.0624. The van der Waals surface area contributed by atoms with Crippen molar-refractivity contribution in [2.75, 3.05) is 33.8 Å². The Morgan fingerprint density at radius 3 is 2.42 bits per heavy atom. The van der Waals surface area contributed by atoms with Crippen LogP contribution in [-0.4, -0.2) is 44.6 Å². The van der Waals surface area contributed by atoms with Crippen LogP contribution in [0, 0.1) is 0 Å². The summed E-state index contributed by atoms with van der Waals surface area (Å²) >= 11 is 0. The number of carbonyl (C=O) groups excluding carboxylic acids is 1. The molecule has 1 saturated carbocycles. The third-order valence-corrected chi connectivity index (χ3v) is 5.21. The number of benzene rings is 2. The van der Waals surface area contributed by atoms with E-state index in [4.69, 9.17) is 4.74 Å². The molecule has 1 aliphatic carbocycles. The Labute approximate surface area is 156 Å². The molecule has 0 unspecified atom stereocenters. The number of carbonyl (C=O) groups is 1. The van der Waals surface area contributed by atoms with Gasteiger partial charge in [0, 0.05) is 18.5 Å². The first-order valence-electron chi connectivity index (χ1n) is 9.31. The first-order chi connectivity index (χ1) is 12.6. The molecule has 2 aromatic carbocycles. The van der Waals surface area contributed by atoms with Crippen molar-refractivity contribution in [3.05, 3.63) is 65.7 Å². The number of hydrogen-bond acceptors (Lipinski definition) is 3. The zero-order valence-corrected chi connectivity index (χ0v) is 15.7. The molecular formula is C22H28N2O2. The number of hydrogen-bond donors (Lipinski definition) is 1. The maximum absolute atomic E-state index is 12.8. The van der Waals surface area contributed by atoms with Crippen molar-refractivity contribution >= 4 is 5.91 Å². The van der Waals surface area contributed by atoms with Crippen molar-refractivity contribution in [1.29, 1.82) is 0 Å². The molecule has 0 aliphatic heterocycles. The van der Waals surface area contributed by atoms with Gasteiger partial charge in [0.2, 0.25) is 0 Å². The Morgan fingerprint density at radius 2 is 1.77 bits per heavy atom. The van der Waals surface area contributed by atoms with Gasteiger partial charge < -0.3 is 15.0 Å². The van der Waals surface area contributed by atoms with Crippen LogP contribution >= 0.6 is 0 Å². The van der Waals surface area contributed by atoms with Gasteiger partial charge in [-0.15, -0.1) is 0 Å². The van der Waals surface area contributed by atoms with E-state index in [2.05, 4.69) is 34.5 Å². The largest absolute Gasteiger partial charge is 0.491 e. The fourth-order valence-corrected chi connectivity index (χ4v) is 3.43. The maximum atomic E-state index is 12.8. The molecule has 0 aromatic heterocycles. The van der Waals surface area contributed by atoms with E-state index < -0.39 is 0 Å². The standard InChI is InChI=1S/C22H28N2O2/c1-24(2)15-16-26-20-12-7-6-11-19(20)21(25)23-17-22(13-8-14-22)18-9-4-3-5-10-18/h3-7,9-12H,8,13-17H2,1-2H3,(H,23,25). The molecule has 1 N–H and O–H groups in total. The average molecular weight is 352 g/mol. The summed E-state index contributed by atoms with van der Waals surface area (Å²) in [7, 11) is 4.01. The van der Waals surface area contributed by atoms with Gasteiger partial charge in [0.25, 0.3) is 5.91 Å². The highest BCUT2D eigenvalue weighted by Crippen LogP contribution is 2.43. The summed E-state index contributed by atoms with van der Waals surface area (Å²) in [5.41, 5.74) is 2.01. The van der Waals surface area contributed by atoms with E-state index in [-0.39, 0.29) is 11.3 Å². The molecule has 0 saturated heterocycles. The number of para-hydroxylation sites is 1. The van der Waals surface area contributed by atoms with Crippen LogP contribution in [0.1, 0.15) is 35.2 Å². The molecule has 1 aliphatic rings. The van der Waals surface area contributed by atoms with E-state index in [9.17, 15) is 4.79 Å². The Bertz CT molecular complexity index is 724. The Morgan fingerprint density at radius 1 is 1.08 bits per heavy atom. The minimum atomic E-state index is -0.0624. The predicted molar refractivity (Wildman–Crippen MR) is 105 cm³/mol. The second-order valence-corrected chi connectivity index (χ2v) is 7.33. The van der Waals surface area contributed by atoms with Crippen LogP contribution in [0.2, 0.25) is 0 Å². The third-order valence-electron chi connectivity index (χ3n) is 5.21. The van der Waals surface area contributed by atoms with Gasteiger partial charge in [0.1, 0.15) is 12.4 Å². The van der Waals surface area contributed by atoms with Crippen molar-refractivity contribution in [3.63, 3.8) is 0 Å². The molecule has 0 radical (unpaired) electrons. The SMILES string of the molecule is CN(C)CCOc1ccccc1C(=O)NCC1(c2ccccc2)CCC1. The van der Waals surface area contributed by atoms with E-state index in [1.807, 2.05) is 44.4 Å². The summed E-state index contributed by atoms with van der Waals surface area (Å²) in [5.74, 6) is 0.585. The van der Waals surface area contributed by atoms with Crippen molar-refractivity contribution in [1.82, 2.24) is 10.2 Å². The molecule has 0 spiro atoms. The van der Waals surface area contributed by atoms with E-state index >= 15 is 0 Å². The Hall–Kier alpha value is -2.33. The molecule has 4 nitrogen and oxygen atoms in total. The summed E-state index contributed by atoms with van der Waals surface area (Å²) in [5, 5.41) is 3.15. The van der Waals surface area contributed by atoms with Crippen molar-refractivity contribution in [3.8, 4) is 5.75 Å². The zero-order chi connectivity index (χ0) is 18.4. The first-order valence-corrected chi connectivity index (χ1v) is 9.31. The van der Waals surface area contributed by atoms with E-state index in [0.717, 1.165) is 19.4 Å². The van der Waals surface area contributed by atoms with Gasteiger partial charge in [-0.1, -0.05) is 48.9 Å². The molecule has 4 heteroatoms. The summed E-state index contributed by atoms with van der Waals surface area (Å²) < 4.78 is 5.82. The molecule has 0 heterocycles. The quantitative estimate of drug-likeness (QED) is 0.791. The van der Waals surface area contributed by atoms with Gasteiger partial charge in [-0.2, -0.15) is 0 Å². The molecule has 2 aromatic rings. The lowest BCUT2D eigenvalue weighted by molar-refractivity contribution is 0.0923. The fraction of sp³-hybridized carbons (Fsp3) is 0.409. The summed E-state index contributed by atoms with van der Waals surface area (Å²) in [6, 6.07) is 18.0. The van der Waals surface area contributed by atoms with Crippen LogP contribution in [0.25, 0.3) is 0 Å². The Balaban J connectivity index is 1.65. The van der Waals surface area contributed by atoms with Crippen LogP contribution < -0.4 is 10.1 Å². The van der Waals surface area contributed by atoms with Crippen LogP contribution in [0.3, 0.4) is 0 Å². The fourth-order valence-electron chi connectivity index (χ4n) is 3.43. The summed E-state index contributed by atoms with van der Waals surface area (Å²) in [6.07, 6.45) is 3.46. The van der Waals surface area contributed by atoms with Crippen LogP contribution in [0.4, 0.5) is 0 Å². The number of rotatable bonds is 8. The van der Waals surface area contributed by atoms with Crippen molar-refractivity contribution in [2.45, 2.75) is 24.7 Å². The topological polar surface area (TPSA) is 41.6 Å². The van der Waals surface area contributed by atoms with E-state index in [0.29, 0.717) is 24.5 Å². The lowest BCUT2D eigenvalue weighted by Gasteiger charge is -2.42. The number of ether oxygens (including phenoxy) is 1. The normalized spacial score (nSPS) is 15.3. The smallest absolute Gasteiger partial charge is 0.255 e. The summed E-state index contributed by atoms with van der Waals surface area (Å²) in [6.45, 7) is 2.04. The lowest BCUT2D eigenvalue weighted by atomic mass is 9.64. The summed E-state index contributed by atoms with van der Waals surface area (Å²) in [4.78, 5) is 14.8. The number of nitrogens with zero attached hydrogens (tertiary/aromatic N) is 1. The number of likely N-dealkylation sites (N-methyl/N-ethyl adjacent to an activating group) is 1. The molecule has 0 bridgehead atoms. The van der Waals surface area contributed by atoms with Gasteiger partial charge in [-0.25, -0.2) is 0 Å². The molecule has 138 valence electrons. The van der Waals surface area contributed by atoms with Crippen LogP contribution in [0.5, 0.6) is 5.75 Å². The predicted octanol–water partition coefficient (Wildman–Crippen LogP) is 3.48. The van der Waals surface area contributed by atoms with Gasteiger partial charge in [0.15, 0.2) is 0 Å². The van der Waals surface area contributed by atoms with E-state index in [1.54, 1.807) is 0 Å². The highest BCUT2D eigenvalue weighted by atomic mass is 16.5. The number of amides is 1. The highest BCUT2D eigenvalue weighted by Gasteiger charge is 2.38. The minimum Gasteiger partial charge on any atom is -0.491 e. The maximum Gasteiger partial charge on any atom is 0.255 e. The van der Waals surface area contributed by atoms with Gasteiger partial charge in [-0.3, -0.25) is 4.79 Å². The molecule has 1 amide bonds. The molecule has 1 fully saturated rings. The van der Waals surface area contributed by atoms with Gasteiger partial charge >= 0.3 is 0 Å².